The molecule has 3 aromatic carbocycles. The number of hydrogen-bond acceptors (Lipinski definition) is 5. The number of carbonyl (C=O) groups is 2. The van der Waals surface area contributed by atoms with Crippen molar-refractivity contribution in [2.45, 2.75) is 18.9 Å². The zero-order valence-electron chi connectivity index (χ0n) is 18.7. The summed E-state index contributed by atoms with van der Waals surface area (Å²) in [7, 11) is 0. The van der Waals surface area contributed by atoms with Crippen LogP contribution < -0.4 is 10.8 Å². The third kappa shape index (κ3) is 6.15. The summed E-state index contributed by atoms with van der Waals surface area (Å²) in [5.74, 6) is -1.97. The highest BCUT2D eigenvalue weighted by molar-refractivity contribution is 5.94. The fraction of sp³-hybridized carbons (Fsp3) is 0.154. The third-order valence-electron chi connectivity index (χ3n) is 5.75. The van der Waals surface area contributed by atoms with Crippen LogP contribution in [0.4, 0.5) is 4.39 Å². The van der Waals surface area contributed by atoms with Gasteiger partial charge in [0, 0.05) is 12.0 Å². The molecule has 4 aromatic rings. The molecule has 2 amide bonds. The van der Waals surface area contributed by atoms with Crippen molar-refractivity contribution in [3.05, 3.63) is 108 Å². The molecular weight excluding hydrogens is 449 g/mol. The maximum absolute atomic E-state index is 13.3. The average molecular weight is 474 g/mol. The van der Waals surface area contributed by atoms with E-state index in [0.717, 1.165) is 16.7 Å². The van der Waals surface area contributed by atoms with Gasteiger partial charge in [0.25, 0.3) is 5.91 Å². The number of H-pyrrole nitrogens is 1. The minimum Gasteiger partial charge on any atom is -0.343 e. The molecule has 0 fully saturated rings. The molecule has 0 saturated carbocycles. The van der Waals surface area contributed by atoms with Crippen LogP contribution in [0.3, 0.4) is 0 Å². The quantitative estimate of drug-likeness (QED) is 0.218. The summed E-state index contributed by atoms with van der Waals surface area (Å²) in [6.45, 7) is 0. The molecule has 0 spiro atoms. The van der Waals surface area contributed by atoms with Crippen molar-refractivity contribution in [2.75, 3.05) is 0 Å². The number of aromatic amines is 1. The number of aromatic nitrogens is 3. The number of hydroxylamine groups is 1. The largest absolute Gasteiger partial charge is 0.343 e. The van der Waals surface area contributed by atoms with Gasteiger partial charge in [-0.15, -0.1) is 0 Å². The predicted octanol–water partition coefficient (Wildman–Crippen LogP) is 3.84. The normalized spacial score (nSPS) is 12.5. The van der Waals surface area contributed by atoms with Crippen LogP contribution in [0.25, 0.3) is 11.1 Å². The van der Waals surface area contributed by atoms with Gasteiger partial charge < -0.3 is 5.32 Å². The van der Waals surface area contributed by atoms with Gasteiger partial charge in [-0.25, -0.2) is 9.87 Å². The second-order valence-corrected chi connectivity index (χ2v) is 8.12. The van der Waals surface area contributed by atoms with Crippen molar-refractivity contribution in [3.8, 4) is 11.1 Å². The molecule has 0 radical (unpaired) electrons. The summed E-state index contributed by atoms with van der Waals surface area (Å²) >= 11 is 0. The zero-order valence-corrected chi connectivity index (χ0v) is 18.7. The van der Waals surface area contributed by atoms with Gasteiger partial charge in [-0.1, -0.05) is 54.6 Å². The number of nitrogens with zero attached hydrogens (tertiary/aromatic N) is 2. The maximum atomic E-state index is 13.3. The zero-order chi connectivity index (χ0) is 24.6. The van der Waals surface area contributed by atoms with E-state index in [1.165, 1.54) is 30.5 Å². The Hall–Kier alpha value is -4.37. The van der Waals surface area contributed by atoms with Crippen molar-refractivity contribution in [3.63, 3.8) is 0 Å². The molecule has 0 aliphatic rings. The van der Waals surface area contributed by atoms with Gasteiger partial charge in [-0.05, 0) is 53.3 Å². The van der Waals surface area contributed by atoms with Crippen molar-refractivity contribution < 1.29 is 19.2 Å². The summed E-state index contributed by atoms with van der Waals surface area (Å²) in [5.41, 5.74) is 5.43. The lowest BCUT2D eigenvalue weighted by molar-refractivity contribution is -0.130. The standard InChI is InChI=1S/C26H24FN5O3/c27-22-12-10-20(11-13-22)26(34)29-25(23-16-28-32-30-23)21(15-24(33)31-35)14-17-6-8-19(9-7-17)18-4-2-1-3-5-18/h1-13,16,21,25,35H,14-15H2,(H,29,34)(H,31,33)(H,28,30,32). The number of nitrogens with one attached hydrogen (secondary N) is 3. The number of hydrogen-bond donors (Lipinski definition) is 4. The second-order valence-electron chi connectivity index (χ2n) is 8.12. The predicted molar refractivity (Wildman–Crippen MR) is 127 cm³/mol. The Morgan fingerprint density at radius 1 is 0.943 bits per heavy atom. The Bertz CT molecular complexity index is 1250. The number of halogens is 1. The van der Waals surface area contributed by atoms with Crippen molar-refractivity contribution in [1.82, 2.24) is 26.2 Å². The van der Waals surface area contributed by atoms with E-state index in [-0.39, 0.29) is 12.0 Å². The SMILES string of the molecule is O=C(CC(Cc1ccc(-c2ccccc2)cc1)C(NC(=O)c1ccc(F)cc1)c1cn[nH]n1)NO. The van der Waals surface area contributed by atoms with Crippen LogP contribution in [0, 0.1) is 11.7 Å². The first-order valence-corrected chi connectivity index (χ1v) is 11.0. The van der Waals surface area contributed by atoms with E-state index in [0.29, 0.717) is 12.1 Å². The first-order chi connectivity index (χ1) is 17.0. The van der Waals surface area contributed by atoms with Crippen LogP contribution in [0.2, 0.25) is 0 Å². The Kier molecular flexibility index (Phi) is 7.59. The lowest BCUT2D eigenvalue weighted by Gasteiger charge is -2.26. The first-order valence-electron chi connectivity index (χ1n) is 11.0. The number of carbonyl (C=O) groups excluding carboxylic acids is 2. The monoisotopic (exact) mass is 473 g/mol. The Morgan fingerprint density at radius 2 is 1.63 bits per heavy atom. The molecule has 9 heteroatoms. The van der Waals surface area contributed by atoms with Gasteiger partial charge in [0.2, 0.25) is 5.91 Å². The first kappa shape index (κ1) is 23.8. The van der Waals surface area contributed by atoms with E-state index < -0.39 is 29.6 Å². The van der Waals surface area contributed by atoms with Crippen LogP contribution in [0.5, 0.6) is 0 Å². The van der Waals surface area contributed by atoms with Crippen molar-refractivity contribution in [2.24, 2.45) is 5.92 Å². The van der Waals surface area contributed by atoms with Crippen molar-refractivity contribution >= 4 is 11.8 Å². The summed E-state index contributed by atoms with van der Waals surface area (Å²) in [6.07, 6.45) is 1.79. The Balaban J connectivity index is 1.60. The fourth-order valence-electron chi connectivity index (χ4n) is 3.98. The van der Waals surface area contributed by atoms with Gasteiger partial charge in [0.1, 0.15) is 11.5 Å². The highest BCUT2D eigenvalue weighted by Crippen LogP contribution is 2.29. The molecule has 2 unspecified atom stereocenters. The van der Waals surface area contributed by atoms with Gasteiger partial charge in [0.15, 0.2) is 0 Å². The molecule has 8 nitrogen and oxygen atoms in total. The van der Waals surface area contributed by atoms with Crippen LogP contribution in [0.15, 0.2) is 85.1 Å². The van der Waals surface area contributed by atoms with E-state index in [9.17, 15) is 14.0 Å². The van der Waals surface area contributed by atoms with Gasteiger partial charge in [-0.3, -0.25) is 14.8 Å². The molecule has 0 aliphatic carbocycles. The molecule has 0 saturated heterocycles. The summed E-state index contributed by atoms with van der Waals surface area (Å²) in [4.78, 5) is 25.1. The topological polar surface area (TPSA) is 120 Å². The molecule has 178 valence electrons. The lowest BCUT2D eigenvalue weighted by Crippen LogP contribution is -2.37. The summed E-state index contributed by atoms with van der Waals surface area (Å²) < 4.78 is 13.3. The smallest absolute Gasteiger partial charge is 0.251 e. The van der Waals surface area contributed by atoms with Crippen LogP contribution in [0.1, 0.15) is 34.1 Å². The summed E-state index contributed by atoms with van der Waals surface area (Å²) in [6, 6.07) is 22.3. The average Bonchev–Trinajstić information content (AvgIpc) is 3.43. The molecule has 0 aliphatic heterocycles. The minimum absolute atomic E-state index is 0.0852. The molecular formula is C26H24FN5O3. The maximum Gasteiger partial charge on any atom is 0.251 e. The Labute approximate surface area is 201 Å². The van der Waals surface area contributed by atoms with Gasteiger partial charge >= 0.3 is 0 Å². The lowest BCUT2D eigenvalue weighted by atomic mass is 9.86. The number of rotatable bonds is 9. The van der Waals surface area contributed by atoms with Crippen LogP contribution in [-0.4, -0.2) is 32.4 Å². The van der Waals surface area contributed by atoms with Crippen LogP contribution >= 0.6 is 0 Å². The van der Waals surface area contributed by atoms with E-state index >= 15 is 0 Å². The van der Waals surface area contributed by atoms with E-state index in [4.69, 9.17) is 5.21 Å². The molecule has 4 N–H and O–H groups in total. The highest BCUT2D eigenvalue weighted by Gasteiger charge is 2.30. The van der Waals surface area contributed by atoms with E-state index in [1.807, 2.05) is 54.6 Å². The van der Waals surface area contributed by atoms with Crippen molar-refractivity contribution in [1.29, 1.82) is 0 Å². The van der Waals surface area contributed by atoms with E-state index in [2.05, 4.69) is 20.7 Å². The second kappa shape index (κ2) is 11.2. The number of benzene rings is 3. The third-order valence-corrected chi connectivity index (χ3v) is 5.75. The highest BCUT2D eigenvalue weighted by atomic mass is 19.1. The molecule has 1 aromatic heterocycles. The molecule has 35 heavy (non-hydrogen) atoms. The van der Waals surface area contributed by atoms with Crippen LogP contribution in [-0.2, 0) is 11.2 Å². The Morgan fingerprint density at radius 3 is 2.26 bits per heavy atom. The van der Waals surface area contributed by atoms with E-state index in [1.54, 1.807) is 5.48 Å². The molecule has 2 atom stereocenters. The van der Waals surface area contributed by atoms with Gasteiger partial charge in [-0.2, -0.15) is 15.4 Å². The fourth-order valence-corrected chi connectivity index (χ4v) is 3.98. The number of amides is 2. The molecule has 0 bridgehead atoms. The minimum atomic E-state index is -0.711. The molecule has 1 heterocycles. The van der Waals surface area contributed by atoms with Gasteiger partial charge in [0.05, 0.1) is 12.2 Å². The molecule has 4 rings (SSSR count). The summed E-state index contributed by atoms with van der Waals surface area (Å²) in [5, 5.41) is 22.5.